The number of benzene rings is 1. The predicted molar refractivity (Wildman–Crippen MR) is 177 cm³/mol. The molecule has 45 heavy (non-hydrogen) atoms. The lowest BCUT2D eigenvalue weighted by Gasteiger charge is -2.40. The quantitative estimate of drug-likeness (QED) is 0.297. The minimum Gasteiger partial charge on any atom is -0.367 e. The maximum Gasteiger partial charge on any atom is 0.322 e. The van der Waals surface area contributed by atoms with Crippen molar-refractivity contribution >= 4 is 34.9 Å². The summed E-state index contributed by atoms with van der Waals surface area (Å²) in [7, 11) is 2.11. The van der Waals surface area contributed by atoms with Crippen LogP contribution in [0, 0.1) is 11.3 Å². The van der Waals surface area contributed by atoms with E-state index in [1.54, 1.807) is 23.4 Å². The molecule has 1 aliphatic heterocycles. The lowest BCUT2D eigenvalue weighted by Crippen LogP contribution is -2.50. The number of nitriles is 1. The molecule has 1 aliphatic carbocycles. The maximum absolute atomic E-state index is 13.9. The fraction of sp³-hybridized carbons (Fsp3) is 0.382. The van der Waals surface area contributed by atoms with Crippen LogP contribution >= 0.6 is 0 Å². The van der Waals surface area contributed by atoms with Crippen molar-refractivity contribution in [3.05, 3.63) is 84.7 Å². The van der Waals surface area contributed by atoms with Gasteiger partial charge in [-0.1, -0.05) is 36.9 Å². The Bertz CT molecular complexity index is 1510. The number of anilines is 4. The summed E-state index contributed by atoms with van der Waals surface area (Å²) < 4.78 is 0. The van der Waals surface area contributed by atoms with E-state index in [-0.39, 0.29) is 24.0 Å². The molecule has 1 atom stereocenters. The van der Waals surface area contributed by atoms with E-state index in [1.807, 2.05) is 42.5 Å². The molecule has 1 aromatic carbocycles. The highest BCUT2D eigenvalue weighted by atomic mass is 16.2. The molecule has 1 saturated heterocycles. The zero-order chi connectivity index (χ0) is 31.8. The maximum atomic E-state index is 13.9. The number of likely N-dealkylation sites (N-methyl/N-ethyl adjacent to an activating group) is 1. The molecule has 0 spiro atoms. The molecule has 2 fully saturated rings. The molecule has 0 bridgehead atoms. The summed E-state index contributed by atoms with van der Waals surface area (Å²) in [6.07, 6.45) is 7.74. The van der Waals surface area contributed by atoms with Crippen LogP contribution in [0.3, 0.4) is 0 Å². The summed E-state index contributed by atoms with van der Waals surface area (Å²) in [6.45, 7) is 8.61. The van der Waals surface area contributed by atoms with Gasteiger partial charge in [0, 0.05) is 50.5 Å². The van der Waals surface area contributed by atoms with Gasteiger partial charge in [-0.05, 0) is 69.5 Å². The van der Waals surface area contributed by atoms with E-state index >= 15 is 0 Å². The van der Waals surface area contributed by atoms with Gasteiger partial charge in [0.05, 0.1) is 23.1 Å². The van der Waals surface area contributed by atoms with Crippen molar-refractivity contribution in [3.8, 4) is 6.07 Å². The summed E-state index contributed by atoms with van der Waals surface area (Å²) in [4.78, 5) is 41.9. The molecule has 3 heterocycles. The molecule has 3 aromatic rings. The van der Waals surface area contributed by atoms with Crippen molar-refractivity contribution in [1.29, 1.82) is 5.26 Å². The second-order valence-corrected chi connectivity index (χ2v) is 11.7. The van der Waals surface area contributed by atoms with E-state index in [0.717, 1.165) is 56.7 Å². The molecular formula is C34H41N9O2. The number of amides is 3. The highest BCUT2D eigenvalue weighted by molar-refractivity contribution is 6.02. The number of rotatable bonds is 9. The van der Waals surface area contributed by atoms with Crippen molar-refractivity contribution in [2.75, 3.05) is 47.1 Å². The Balaban J connectivity index is 1.39. The van der Waals surface area contributed by atoms with Crippen LogP contribution in [0.15, 0.2) is 73.6 Å². The van der Waals surface area contributed by atoms with Gasteiger partial charge in [0.2, 0.25) is 5.91 Å². The Labute approximate surface area is 264 Å². The van der Waals surface area contributed by atoms with Crippen molar-refractivity contribution in [1.82, 2.24) is 20.2 Å². The standard InChI is InChI=1S/C34H41N9O2/c1-4-32(44)40-30-18-29(22-37-33(30)42-17-16-41(3)24(2)23-42)43(34(45)38-20-25-8-6-5-7-9-25)28-13-11-27(12-14-28)39-31-15-10-26(19-35)21-36-31/h4-10,15,18,21-22,24,27-28H,1,11-14,16-17,20,23H2,2-3H3,(H,36,39)(H,38,45)(H,40,44)/t24-,27?,28?/m0/s1. The molecule has 1 saturated carbocycles. The van der Waals surface area contributed by atoms with Crippen LogP contribution in [0.25, 0.3) is 0 Å². The number of hydrogen-bond acceptors (Lipinski definition) is 8. The minimum atomic E-state index is -0.333. The molecular weight excluding hydrogens is 566 g/mol. The zero-order valence-corrected chi connectivity index (χ0v) is 25.9. The first-order chi connectivity index (χ1) is 21.8. The van der Waals surface area contributed by atoms with E-state index in [4.69, 9.17) is 10.2 Å². The van der Waals surface area contributed by atoms with Crippen LogP contribution < -0.4 is 25.8 Å². The number of carbonyl (C=O) groups is 2. The monoisotopic (exact) mass is 607 g/mol. The van der Waals surface area contributed by atoms with Crippen LogP contribution in [0.5, 0.6) is 0 Å². The van der Waals surface area contributed by atoms with Crippen molar-refractivity contribution < 1.29 is 9.59 Å². The molecule has 0 unspecified atom stereocenters. The smallest absolute Gasteiger partial charge is 0.322 e. The summed E-state index contributed by atoms with van der Waals surface area (Å²) >= 11 is 0. The van der Waals surface area contributed by atoms with E-state index < -0.39 is 0 Å². The van der Waals surface area contributed by atoms with Crippen LogP contribution in [0.1, 0.15) is 43.7 Å². The second kappa shape index (κ2) is 14.7. The fourth-order valence-electron chi connectivity index (χ4n) is 5.93. The summed E-state index contributed by atoms with van der Waals surface area (Å²) in [6, 6.07) is 17.6. The van der Waals surface area contributed by atoms with Gasteiger partial charge in [0.15, 0.2) is 5.82 Å². The number of urea groups is 1. The van der Waals surface area contributed by atoms with Gasteiger partial charge in [-0.2, -0.15) is 5.26 Å². The number of nitrogens with one attached hydrogen (secondary N) is 3. The number of hydrogen-bond donors (Lipinski definition) is 3. The number of aromatic nitrogens is 2. The average Bonchev–Trinajstić information content (AvgIpc) is 3.07. The number of carbonyl (C=O) groups excluding carboxylic acids is 2. The van der Waals surface area contributed by atoms with Crippen LogP contribution in [0.2, 0.25) is 0 Å². The molecule has 5 rings (SSSR count). The number of pyridine rings is 2. The van der Waals surface area contributed by atoms with Gasteiger partial charge in [-0.25, -0.2) is 14.8 Å². The Kier molecular flexibility index (Phi) is 10.3. The van der Waals surface area contributed by atoms with Crippen molar-refractivity contribution in [3.63, 3.8) is 0 Å². The molecule has 2 aromatic heterocycles. The van der Waals surface area contributed by atoms with Gasteiger partial charge in [0.1, 0.15) is 11.9 Å². The predicted octanol–water partition coefficient (Wildman–Crippen LogP) is 4.75. The Hall–Kier alpha value is -4.95. The van der Waals surface area contributed by atoms with E-state index in [9.17, 15) is 9.59 Å². The third-order valence-electron chi connectivity index (χ3n) is 8.64. The second-order valence-electron chi connectivity index (χ2n) is 11.7. The highest BCUT2D eigenvalue weighted by Crippen LogP contribution is 2.34. The Morgan fingerprint density at radius 1 is 1.09 bits per heavy atom. The molecule has 3 amide bonds. The Morgan fingerprint density at radius 2 is 1.87 bits per heavy atom. The topological polar surface area (TPSA) is 130 Å². The fourth-order valence-corrected chi connectivity index (χ4v) is 5.93. The average molecular weight is 608 g/mol. The van der Waals surface area contributed by atoms with Gasteiger partial charge < -0.3 is 25.8 Å². The minimum absolute atomic E-state index is 0.0768. The molecule has 3 N–H and O–H groups in total. The molecule has 11 nitrogen and oxygen atoms in total. The largest absolute Gasteiger partial charge is 0.367 e. The normalized spacial score (nSPS) is 20.0. The first-order valence-corrected chi connectivity index (χ1v) is 15.5. The lowest BCUT2D eigenvalue weighted by molar-refractivity contribution is -0.111. The van der Waals surface area contributed by atoms with Gasteiger partial charge in [-0.3, -0.25) is 9.69 Å². The lowest BCUT2D eigenvalue weighted by atomic mass is 9.90. The number of piperazine rings is 1. The molecule has 2 aliphatic rings. The summed E-state index contributed by atoms with van der Waals surface area (Å²) in [5.41, 5.74) is 2.70. The highest BCUT2D eigenvalue weighted by Gasteiger charge is 2.32. The zero-order valence-electron chi connectivity index (χ0n) is 25.9. The molecule has 11 heteroatoms. The van der Waals surface area contributed by atoms with Gasteiger partial charge in [-0.15, -0.1) is 0 Å². The summed E-state index contributed by atoms with van der Waals surface area (Å²) in [5.74, 6) is 1.08. The number of nitrogens with zero attached hydrogens (tertiary/aromatic N) is 6. The van der Waals surface area contributed by atoms with Gasteiger partial charge >= 0.3 is 6.03 Å². The SMILES string of the molecule is C=CC(=O)Nc1cc(N(C(=O)NCc2ccccc2)C2CCC(Nc3ccc(C#N)cn3)CC2)cnc1N1CCN(C)[C@@H](C)C1. The van der Waals surface area contributed by atoms with Crippen LogP contribution in [0.4, 0.5) is 27.8 Å². The molecule has 0 radical (unpaired) electrons. The first-order valence-electron chi connectivity index (χ1n) is 15.5. The Morgan fingerprint density at radius 3 is 2.53 bits per heavy atom. The van der Waals surface area contributed by atoms with E-state index in [1.165, 1.54) is 6.08 Å². The third kappa shape index (κ3) is 7.96. The molecule has 234 valence electrons. The van der Waals surface area contributed by atoms with Crippen molar-refractivity contribution in [2.45, 2.75) is 57.3 Å². The van der Waals surface area contributed by atoms with E-state index in [2.05, 4.69) is 57.4 Å². The van der Waals surface area contributed by atoms with Crippen LogP contribution in [-0.2, 0) is 11.3 Å². The van der Waals surface area contributed by atoms with Crippen molar-refractivity contribution in [2.24, 2.45) is 0 Å². The first kappa shape index (κ1) is 31.5. The third-order valence-corrected chi connectivity index (χ3v) is 8.64. The van der Waals surface area contributed by atoms with Crippen LogP contribution in [-0.4, -0.2) is 71.6 Å². The van der Waals surface area contributed by atoms with Gasteiger partial charge in [0.25, 0.3) is 0 Å². The summed E-state index contributed by atoms with van der Waals surface area (Å²) in [5, 5.41) is 18.6. The van der Waals surface area contributed by atoms with E-state index in [0.29, 0.717) is 35.3 Å².